The van der Waals surface area contributed by atoms with Gasteiger partial charge in [-0.3, -0.25) is 0 Å². The fourth-order valence-corrected chi connectivity index (χ4v) is 0.967. The second-order valence-corrected chi connectivity index (χ2v) is 2.27. The smallest absolute Gasteiger partial charge is 0.153 e. The third kappa shape index (κ3) is 1.66. The molecule has 0 saturated heterocycles. The molecule has 0 spiro atoms. The van der Waals surface area contributed by atoms with Gasteiger partial charge in [0.25, 0.3) is 0 Å². The number of rotatable bonds is 1. The van der Waals surface area contributed by atoms with E-state index in [2.05, 4.69) is 6.58 Å². The standard InChI is InChI=1S/C10H7N3/c1-2-13-6-4-3-5-10(13)9(7-11)8-12/h2-6H,1H2. The van der Waals surface area contributed by atoms with Crippen LogP contribution in [0.4, 0.5) is 0 Å². The van der Waals surface area contributed by atoms with Gasteiger partial charge in [0.15, 0.2) is 5.57 Å². The molecule has 62 valence electrons. The first-order valence-corrected chi connectivity index (χ1v) is 3.63. The van der Waals surface area contributed by atoms with Gasteiger partial charge in [-0.25, -0.2) is 0 Å². The topological polar surface area (TPSA) is 50.8 Å². The Balaban J connectivity index is 3.19. The van der Waals surface area contributed by atoms with Crippen LogP contribution in [-0.2, 0) is 0 Å². The quantitative estimate of drug-likeness (QED) is 0.562. The molecule has 0 unspecified atom stereocenters. The zero-order valence-corrected chi connectivity index (χ0v) is 6.94. The fraction of sp³-hybridized carbons (Fsp3) is 0. The van der Waals surface area contributed by atoms with Gasteiger partial charge in [0.05, 0.1) is 5.70 Å². The molecule has 0 atom stereocenters. The van der Waals surface area contributed by atoms with Gasteiger partial charge in [-0.2, -0.15) is 10.5 Å². The van der Waals surface area contributed by atoms with Crippen molar-refractivity contribution in [3.63, 3.8) is 0 Å². The summed E-state index contributed by atoms with van der Waals surface area (Å²) in [6, 6.07) is 3.66. The number of hydrogen-bond acceptors (Lipinski definition) is 3. The lowest BCUT2D eigenvalue weighted by Gasteiger charge is -2.18. The van der Waals surface area contributed by atoms with Gasteiger partial charge in [-0.05, 0) is 12.2 Å². The predicted octanol–water partition coefficient (Wildman–Crippen LogP) is 1.82. The van der Waals surface area contributed by atoms with E-state index >= 15 is 0 Å². The van der Waals surface area contributed by atoms with Crippen LogP contribution in [-0.4, -0.2) is 4.90 Å². The summed E-state index contributed by atoms with van der Waals surface area (Å²) in [5, 5.41) is 17.3. The first kappa shape index (κ1) is 8.83. The summed E-state index contributed by atoms with van der Waals surface area (Å²) in [5.41, 5.74) is 0.642. The molecule has 0 aliphatic carbocycles. The molecule has 0 saturated carbocycles. The minimum absolute atomic E-state index is 0.0838. The molecule has 0 aromatic heterocycles. The van der Waals surface area contributed by atoms with Crippen LogP contribution in [0.15, 0.2) is 48.5 Å². The van der Waals surface area contributed by atoms with Gasteiger partial charge < -0.3 is 4.90 Å². The van der Waals surface area contributed by atoms with Crippen LogP contribution >= 0.6 is 0 Å². The number of nitrogens with zero attached hydrogens (tertiary/aromatic N) is 3. The van der Waals surface area contributed by atoms with Crippen molar-refractivity contribution in [3.8, 4) is 12.1 Å². The highest BCUT2D eigenvalue weighted by Gasteiger charge is 2.09. The molecule has 3 nitrogen and oxygen atoms in total. The number of allylic oxidation sites excluding steroid dienone is 4. The normalized spacial score (nSPS) is 13.4. The third-order valence-corrected chi connectivity index (χ3v) is 1.57. The van der Waals surface area contributed by atoms with Crippen LogP contribution < -0.4 is 0 Å². The molecule has 0 radical (unpaired) electrons. The molecule has 0 amide bonds. The van der Waals surface area contributed by atoms with Crippen LogP contribution in [0.5, 0.6) is 0 Å². The average Bonchev–Trinajstić information content (AvgIpc) is 2.20. The minimum atomic E-state index is 0.0838. The van der Waals surface area contributed by atoms with Gasteiger partial charge >= 0.3 is 0 Å². The van der Waals surface area contributed by atoms with Crippen LogP contribution in [0.25, 0.3) is 0 Å². The summed E-state index contributed by atoms with van der Waals surface area (Å²) in [5.74, 6) is 0. The molecule has 0 aromatic rings. The molecule has 0 aromatic carbocycles. The molecule has 0 fully saturated rings. The minimum Gasteiger partial charge on any atom is -0.323 e. The van der Waals surface area contributed by atoms with Gasteiger partial charge in [-0.15, -0.1) is 0 Å². The van der Waals surface area contributed by atoms with Crippen molar-refractivity contribution in [1.29, 1.82) is 10.5 Å². The van der Waals surface area contributed by atoms with E-state index < -0.39 is 0 Å². The van der Waals surface area contributed by atoms with E-state index in [9.17, 15) is 0 Å². The summed E-state index contributed by atoms with van der Waals surface area (Å²) < 4.78 is 0. The number of hydrogen-bond donors (Lipinski definition) is 0. The summed E-state index contributed by atoms with van der Waals surface area (Å²) in [4.78, 5) is 1.63. The molecule has 0 N–H and O–H groups in total. The van der Waals surface area contributed by atoms with Crippen LogP contribution in [0.1, 0.15) is 0 Å². The lowest BCUT2D eigenvalue weighted by Crippen LogP contribution is -2.10. The maximum Gasteiger partial charge on any atom is 0.153 e. The molecule has 3 heteroatoms. The Labute approximate surface area is 76.8 Å². The average molecular weight is 169 g/mol. The lowest BCUT2D eigenvalue weighted by molar-refractivity contribution is 0.644. The number of nitriles is 2. The maximum absolute atomic E-state index is 8.64. The van der Waals surface area contributed by atoms with Crippen molar-refractivity contribution in [2.45, 2.75) is 0 Å². The first-order chi connectivity index (χ1) is 6.33. The lowest BCUT2D eigenvalue weighted by atomic mass is 10.2. The van der Waals surface area contributed by atoms with Crippen molar-refractivity contribution in [1.82, 2.24) is 4.90 Å². The highest BCUT2D eigenvalue weighted by molar-refractivity contribution is 5.47. The van der Waals surface area contributed by atoms with E-state index in [0.717, 1.165) is 0 Å². The summed E-state index contributed by atoms with van der Waals surface area (Å²) in [7, 11) is 0. The molecule has 13 heavy (non-hydrogen) atoms. The molecule has 1 heterocycles. The molecule has 1 aliphatic heterocycles. The Bertz CT molecular complexity index is 369. The van der Waals surface area contributed by atoms with Gasteiger partial charge in [0.1, 0.15) is 12.1 Å². The second kappa shape index (κ2) is 3.94. The van der Waals surface area contributed by atoms with Crippen molar-refractivity contribution < 1.29 is 0 Å². The van der Waals surface area contributed by atoms with Crippen molar-refractivity contribution >= 4 is 0 Å². The van der Waals surface area contributed by atoms with E-state index in [0.29, 0.717) is 5.70 Å². The SMILES string of the molecule is C=CN1C=CC=CC1=C(C#N)C#N. The maximum atomic E-state index is 8.64. The Morgan fingerprint density at radius 3 is 2.62 bits per heavy atom. The molecule has 1 aliphatic rings. The monoisotopic (exact) mass is 169 g/mol. The van der Waals surface area contributed by atoms with E-state index in [1.807, 2.05) is 12.1 Å². The fourth-order valence-electron chi connectivity index (χ4n) is 0.967. The molecular formula is C10H7N3. The van der Waals surface area contributed by atoms with Crippen molar-refractivity contribution in [3.05, 3.63) is 48.5 Å². The van der Waals surface area contributed by atoms with Crippen molar-refractivity contribution in [2.75, 3.05) is 0 Å². The molecular weight excluding hydrogens is 162 g/mol. The summed E-state index contributed by atoms with van der Waals surface area (Å²) >= 11 is 0. The van der Waals surface area contributed by atoms with E-state index in [1.54, 1.807) is 35.5 Å². The zero-order valence-electron chi connectivity index (χ0n) is 6.94. The highest BCUT2D eigenvalue weighted by atomic mass is 15.1. The Hall–Kier alpha value is -2.26. The first-order valence-electron chi connectivity index (χ1n) is 3.63. The van der Waals surface area contributed by atoms with Crippen LogP contribution in [0.2, 0.25) is 0 Å². The summed E-state index contributed by atoms with van der Waals surface area (Å²) in [6.07, 6.45) is 8.55. The molecule has 1 rings (SSSR count). The second-order valence-electron chi connectivity index (χ2n) is 2.27. The molecule has 0 bridgehead atoms. The van der Waals surface area contributed by atoms with E-state index in [-0.39, 0.29) is 5.57 Å². The van der Waals surface area contributed by atoms with Gasteiger partial charge in [-0.1, -0.05) is 12.7 Å². The van der Waals surface area contributed by atoms with Gasteiger partial charge in [0, 0.05) is 12.4 Å². The zero-order chi connectivity index (χ0) is 9.68. The predicted molar refractivity (Wildman–Crippen MR) is 48.6 cm³/mol. The Morgan fingerprint density at radius 2 is 2.08 bits per heavy atom. The van der Waals surface area contributed by atoms with Crippen LogP contribution in [0, 0.1) is 22.7 Å². The van der Waals surface area contributed by atoms with Gasteiger partial charge in [0.2, 0.25) is 0 Å². The van der Waals surface area contributed by atoms with Crippen LogP contribution in [0.3, 0.4) is 0 Å². The Kier molecular flexibility index (Phi) is 2.68. The largest absolute Gasteiger partial charge is 0.323 e. The van der Waals surface area contributed by atoms with E-state index in [4.69, 9.17) is 10.5 Å². The highest BCUT2D eigenvalue weighted by Crippen LogP contribution is 2.16. The van der Waals surface area contributed by atoms with Crippen molar-refractivity contribution in [2.24, 2.45) is 0 Å². The summed E-state index contributed by atoms with van der Waals surface area (Å²) in [6.45, 7) is 3.57. The Morgan fingerprint density at radius 1 is 1.38 bits per heavy atom. The van der Waals surface area contributed by atoms with E-state index in [1.165, 1.54) is 0 Å². The third-order valence-electron chi connectivity index (χ3n) is 1.57.